The van der Waals surface area contributed by atoms with Gasteiger partial charge in [-0.15, -0.1) is 0 Å². The number of hydrogen-bond acceptors (Lipinski definition) is 7. The summed E-state index contributed by atoms with van der Waals surface area (Å²) in [5.41, 5.74) is 3.03. The summed E-state index contributed by atoms with van der Waals surface area (Å²) in [4.78, 5) is 30.0. The van der Waals surface area contributed by atoms with Crippen LogP contribution >= 0.6 is 0 Å². The number of rotatable bonds is 4. The molecule has 0 bridgehead atoms. The Morgan fingerprint density at radius 2 is 2.11 bits per heavy atom. The molecule has 27 heavy (non-hydrogen) atoms. The number of phenolic OH excluding ortho intramolecular Hbond substituents is 1. The highest BCUT2D eigenvalue weighted by molar-refractivity contribution is 5.52. The van der Waals surface area contributed by atoms with Crippen molar-refractivity contribution >= 4 is 0 Å². The zero-order valence-electron chi connectivity index (χ0n) is 14.8. The maximum Gasteiger partial charge on any atom is 0.254 e. The lowest BCUT2D eigenvalue weighted by Gasteiger charge is -2.27. The van der Waals surface area contributed by atoms with Crippen LogP contribution in [0, 0.1) is 0 Å². The van der Waals surface area contributed by atoms with Crippen molar-refractivity contribution in [2.75, 3.05) is 13.7 Å². The van der Waals surface area contributed by atoms with Gasteiger partial charge in [0.2, 0.25) is 0 Å². The average Bonchev–Trinajstić information content (AvgIpc) is 2.68. The van der Waals surface area contributed by atoms with E-state index in [2.05, 4.69) is 24.8 Å². The lowest BCUT2D eigenvalue weighted by molar-refractivity contribution is 0.240. The van der Waals surface area contributed by atoms with E-state index < -0.39 is 0 Å². The first kappa shape index (κ1) is 17.2. The van der Waals surface area contributed by atoms with Crippen LogP contribution in [0.3, 0.4) is 0 Å². The van der Waals surface area contributed by atoms with E-state index in [1.54, 1.807) is 24.5 Å². The highest BCUT2D eigenvalue weighted by Gasteiger charge is 2.22. The largest absolute Gasteiger partial charge is 0.504 e. The van der Waals surface area contributed by atoms with Crippen molar-refractivity contribution in [2.45, 2.75) is 19.5 Å². The number of aromatic hydroxyl groups is 1. The number of H-pyrrole nitrogens is 1. The molecular weight excluding hydrogens is 346 g/mol. The molecule has 1 aromatic carbocycles. The summed E-state index contributed by atoms with van der Waals surface area (Å²) < 4.78 is 5.08. The van der Waals surface area contributed by atoms with E-state index in [4.69, 9.17) is 4.74 Å². The van der Waals surface area contributed by atoms with Crippen molar-refractivity contribution in [2.24, 2.45) is 0 Å². The van der Waals surface area contributed by atoms with Crippen LogP contribution in [0.1, 0.15) is 16.8 Å². The van der Waals surface area contributed by atoms with E-state index in [0.717, 1.165) is 23.4 Å². The van der Waals surface area contributed by atoms with E-state index in [-0.39, 0.29) is 11.3 Å². The van der Waals surface area contributed by atoms with Crippen molar-refractivity contribution in [1.29, 1.82) is 0 Å². The third-order valence-electron chi connectivity index (χ3n) is 4.64. The van der Waals surface area contributed by atoms with Crippen molar-refractivity contribution in [3.63, 3.8) is 0 Å². The second-order valence-corrected chi connectivity index (χ2v) is 6.43. The molecule has 3 heterocycles. The molecule has 138 valence electrons. The zero-order valence-corrected chi connectivity index (χ0v) is 14.8. The molecule has 0 aliphatic carbocycles. The molecule has 0 amide bonds. The predicted molar refractivity (Wildman–Crippen MR) is 98.4 cm³/mol. The summed E-state index contributed by atoms with van der Waals surface area (Å²) in [5.74, 6) is 1.04. The van der Waals surface area contributed by atoms with E-state index in [0.29, 0.717) is 36.6 Å². The van der Waals surface area contributed by atoms with Gasteiger partial charge < -0.3 is 14.8 Å². The molecule has 0 fully saturated rings. The molecule has 1 aliphatic rings. The molecular formula is C19H19N5O3. The van der Waals surface area contributed by atoms with Crippen molar-refractivity contribution in [1.82, 2.24) is 24.8 Å². The summed E-state index contributed by atoms with van der Waals surface area (Å²) in [6.07, 6.45) is 5.31. The van der Waals surface area contributed by atoms with E-state index >= 15 is 0 Å². The second kappa shape index (κ2) is 7.16. The van der Waals surface area contributed by atoms with Crippen LogP contribution in [-0.4, -0.2) is 43.6 Å². The molecule has 0 atom stereocenters. The monoisotopic (exact) mass is 365 g/mol. The van der Waals surface area contributed by atoms with Crippen LogP contribution in [-0.2, 0) is 19.5 Å². The third kappa shape index (κ3) is 3.52. The fourth-order valence-corrected chi connectivity index (χ4v) is 3.28. The Bertz CT molecular complexity index is 1020. The molecule has 1 aliphatic heterocycles. The molecule has 2 aromatic heterocycles. The summed E-state index contributed by atoms with van der Waals surface area (Å²) in [5, 5.41) is 9.96. The predicted octanol–water partition coefficient (Wildman–Crippen LogP) is 1.50. The molecule has 3 aromatic rings. The lowest BCUT2D eigenvalue weighted by Crippen LogP contribution is -2.35. The highest BCUT2D eigenvalue weighted by Crippen LogP contribution is 2.27. The fraction of sp³-hybridized carbons (Fsp3) is 0.263. The molecule has 0 saturated heterocycles. The van der Waals surface area contributed by atoms with Gasteiger partial charge in [0.25, 0.3) is 5.56 Å². The summed E-state index contributed by atoms with van der Waals surface area (Å²) >= 11 is 0. The van der Waals surface area contributed by atoms with Crippen LogP contribution in [0.15, 0.2) is 41.7 Å². The first-order chi connectivity index (χ1) is 13.1. The van der Waals surface area contributed by atoms with Gasteiger partial charge in [-0.05, 0) is 24.1 Å². The van der Waals surface area contributed by atoms with Crippen molar-refractivity contribution in [3.8, 4) is 22.9 Å². The van der Waals surface area contributed by atoms with Gasteiger partial charge in [-0.1, -0.05) is 6.07 Å². The fourth-order valence-electron chi connectivity index (χ4n) is 3.28. The Kier molecular flexibility index (Phi) is 4.55. The van der Waals surface area contributed by atoms with Crippen molar-refractivity contribution in [3.05, 3.63) is 64.1 Å². The topological polar surface area (TPSA) is 104 Å². The number of hydrogen-bond donors (Lipinski definition) is 2. The number of aromatic amines is 1. The Hall–Kier alpha value is -3.26. The van der Waals surface area contributed by atoms with Gasteiger partial charge in [-0.2, -0.15) is 0 Å². The first-order valence-corrected chi connectivity index (χ1v) is 8.59. The standard InChI is InChI=1S/C19H19N5O3/c1-27-17-3-2-12(6-16(17)25)9-24-5-4-14-15(10-24)22-18(23-19(14)26)13-7-20-11-21-8-13/h2-3,6-8,11,25H,4-5,9-10H2,1H3,(H,22,23,26). The Morgan fingerprint density at radius 1 is 1.30 bits per heavy atom. The Morgan fingerprint density at radius 3 is 2.85 bits per heavy atom. The molecule has 8 heteroatoms. The van der Waals surface area contributed by atoms with Gasteiger partial charge >= 0.3 is 0 Å². The molecule has 0 saturated carbocycles. The van der Waals surface area contributed by atoms with Crippen LogP contribution in [0.25, 0.3) is 11.4 Å². The van der Waals surface area contributed by atoms with Gasteiger partial charge in [0, 0.05) is 37.6 Å². The summed E-state index contributed by atoms with van der Waals surface area (Å²) in [7, 11) is 1.52. The van der Waals surface area contributed by atoms with Gasteiger partial charge in [0.05, 0.1) is 18.4 Å². The van der Waals surface area contributed by atoms with Crippen molar-refractivity contribution < 1.29 is 9.84 Å². The minimum atomic E-state index is -0.111. The summed E-state index contributed by atoms with van der Waals surface area (Å²) in [6, 6.07) is 5.37. The molecule has 0 spiro atoms. The minimum Gasteiger partial charge on any atom is -0.504 e. The number of fused-ring (bicyclic) bond motifs is 1. The minimum absolute atomic E-state index is 0.111. The second-order valence-electron chi connectivity index (χ2n) is 6.43. The highest BCUT2D eigenvalue weighted by atomic mass is 16.5. The van der Waals surface area contributed by atoms with E-state index in [1.807, 2.05) is 6.07 Å². The smallest absolute Gasteiger partial charge is 0.254 e. The molecule has 4 rings (SSSR count). The molecule has 8 nitrogen and oxygen atoms in total. The molecule has 0 radical (unpaired) electrons. The molecule has 2 N–H and O–H groups in total. The van der Waals surface area contributed by atoms with E-state index in [1.165, 1.54) is 13.4 Å². The van der Waals surface area contributed by atoms with Crippen LogP contribution in [0.2, 0.25) is 0 Å². The van der Waals surface area contributed by atoms with Gasteiger partial charge in [0.1, 0.15) is 12.2 Å². The number of aromatic nitrogens is 4. The SMILES string of the molecule is COc1ccc(CN2CCc3c(nc(-c4cncnc4)[nH]c3=O)C2)cc1O. The van der Waals surface area contributed by atoms with Crippen LogP contribution in [0.5, 0.6) is 11.5 Å². The number of methoxy groups -OCH3 is 1. The number of nitrogens with zero attached hydrogens (tertiary/aromatic N) is 4. The normalized spacial score (nSPS) is 14.0. The maximum atomic E-state index is 12.4. The third-order valence-corrected chi connectivity index (χ3v) is 4.64. The lowest BCUT2D eigenvalue weighted by atomic mass is 10.0. The maximum absolute atomic E-state index is 12.4. The Balaban J connectivity index is 1.58. The average molecular weight is 365 g/mol. The number of phenols is 1. The Labute approximate surface area is 155 Å². The van der Waals surface area contributed by atoms with Gasteiger partial charge in [0.15, 0.2) is 11.5 Å². The van der Waals surface area contributed by atoms with E-state index in [9.17, 15) is 9.90 Å². The quantitative estimate of drug-likeness (QED) is 0.722. The van der Waals surface area contributed by atoms with Gasteiger partial charge in [-0.3, -0.25) is 9.69 Å². The number of nitrogens with one attached hydrogen (secondary N) is 1. The number of ether oxygens (including phenoxy) is 1. The van der Waals surface area contributed by atoms with Crippen LogP contribution < -0.4 is 10.3 Å². The van der Waals surface area contributed by atoms with Crippen LogP contribution in [0.4, 0.5) is 0 Å². The molecule has 0 unspecified atom stereocenters. The van der Waals surface area contributed by atoms with Gasteiger partial charge in [-0.25, -0.2) is 15.0 Å². The first-order valence-electron chi connectivity index (χ1n) is 8.59. The number of benzene rings is 1. The zero-order chi connectivity index (χ0) is 18.8. The summed E-state index contributed by atoms with van der Waals surface area (Å²) in [6.45, 7) is 1.96.